The molecule has 4 bridgehead atoms. The maximum absolute atomic E-state index is 12.5. The van der Waals surface area contributed by atoms with Crippen LogP contribution in [0.1, 0.15) is 58.1 Å². The molecule has 7 nitrogen and oxygen atoms in total. The highest BCUT2D eigenvalue weighted by atomic mass is 16.4. The minimum atomic E-state index is -1.17. The molecule has 1 aromatic heterocycles. The normalized spacial score (nSPS) is 39.4. The second-order valence-corrected chi connectivity index (χ2v) is 10.3. The predicted octanol–water partition coefficient (Wildman–Crippen LogP) is 2.69. The molecule has 1 aromatic rings. The second-order valence-electron chi connectivity index (χ2n) is 10.3. The molecule has 5 rings (SSSR count). The lowest BCUT2D eigenvalue weighted by atomic mass is 9.38. The molecule has 2 unspecified atom stereocenters. The van der Waals surface area contributed by atoms with E-state index in [-0.39, 0.29) is 34.2 Å². The monoisotopic (exact) mass is 374 g/mol. The van der Waals surface area contributed by atoms with Crippen LogP contribution < -0.4 is 10.6 Å². The molecule has 4 fully saturated rings. The van der Waals surface area contributed by atoms with Gasteiger partial charge in [-0.3, -0.25) is 9.48 Å². The van der Waals surface area contributed by atoms with E-state index >= 15 is 0 Å². The van der Waals surface area contributed by atoms with Gasteiger partial charge >= 0.3 is 6.09 Å². The molecule has 2 amide bonds. The maximum atomic E-state index is 12.5. The summed E-state index contributed by atoms with van der Waals surface area (Å²) in [7, 11) is 0. The van der Waals surface area contributed by atoms with Gasteiger partial charge in [0, 0.05) is 24.0 Å². The molecule has 4 aliphatic carbocycles. The van der Waals surface area contributed by atoms with Gasteiger partial charge in [0.05, 0.1) is 0 Å². The van der Waals surface area contributed by atoms with Crippen molar-refractivity contribution in [2.24, 2.45) is 16.2 Å². The molecule has 7 heteroatoms. The predicted molar refractivity (Wildman–Crippen MR) is 100 cm³/mol. The Balaban J connectivity index is 1.61. The van der Waals surface area contributed by atoms with Crippen molar-refractivity contribution < 1.29 is 14.7 Å². The molecule has 3 N–H and O–H groups in total. The van der Waals surface area contributed by atoms with Gasteiger partial charge in [-0.05, 0) is 67.8 Å². The van der Waals surface area contributed by atoms with Crippen LogP contribution in [0.15, 0.2) is 12.3 Å². The van der Waals surface area contributed by atoms with Crippen LogP contribution in [-0.4, -0.2) is 39.0 Å². The fraction of sp³-hybridized carbons (Fsp3) is 0.750. The van der Waals surface area contributed by atoms with Crippen LogP contribution in [0.3, 0.4) is 0 Å². The molecular weight excluding hydrogens is 344 g/mol. The van der Waals surface area contributed by atoms with Crippen molar-refractivity contribution in [1.82, 2.24) is 20.4 Å². The summed E-state index contributed by atoms with van der Waals surface area (Å²) in [5, 5.41) is 18.8. The Hall–Kier alpha value is -2.05. The Morgan fingerprint density at radius 2 is 1.81 bits per heavy atom. The largest absolute Gasteiger partial charge is 0.465 e. The summed E-state index contributed by atoms with van der Waals surface area (Å²) >= 11 is 0. The first-order valence-electron chi connectivity index (χ1n) is 9.81. The third-order valence-corrected chi connectivity index (χ3v) is 6.92. The molecule has 0 aromatic carbocycles. The molecule has 0 aliphatic heterocycles. The average Bonchev–Trinajstić information content (AvgIpc) is 2.85. The summed E-state index contributed by atoms with van der Waals surface area (Å²) in [6.07, 6.45) is 7.13. The van der Waals surface area contributed by atoms with Crippen LogP contribution in [0, 0.1) is 23.2 Å². The molecule has 4 saturated carbocycles. The lowest BCUT2D eigenvalue weighted by Crippen LogP contribution is -2.69. The first kappa shape index (κ1) is 18.3. The molecule has 1 heterocycles. The molecule has 2 atom stereocenters. The van der Waals surface area contributed by atoms with Crippen LogP contribution in [-0.2, 0) is 11.3 Å². The zero-order valence-electron chi connectivity index (χ0n) is 16.5. The van der Waals surface area contributed by atoms with Gasteiger partial charge in [0.1, 0.15) is 6.54 Å². The Morgan fingerprint density at radius 1 is 1.15 bits per heavy atom. The van der Waals surface area contributed by atoms with Crippen LogP contribution in [0.2, 0.25) is 0 Å². The van der Waals surface area contributed by atoms with E-state index in [9.17, 15) is 9.59 Å². The van der Waals surface area contributed by atoms with E-state index in [1.165, 1.54) is 25.0 Å². The first-order valence-corrected chi connectivity index (χ1v) is 9.81. The Labute approximate surface area is 159 Å². The highest BCUT2D eigenvalue weighted by Crippen LogP contribution is 2.71. The minimum Gasteiger partial charge on any atom is -0.465 e. The highest BCUT2D eigenvalue weighted by Gasteiger charge is 2.65. The second kappa shape index (κ2) is 5.72. The number of rotatable bonds is 5. The smallest absolute Gasteiger partial charge is 0.405 e. The van der Waals surface area contributed by atoms with Crippen LogP contribution in [0.25, 0.3) is 0 Å². The summed E-state index contributed by atoms with van der Waals surface area (Å²) in [6, 6.07) is 2.04. The summed E-state index contributed by atoms with van der Waals surface area (Å²) < 4.78 is 2.11. The molecule has 4 aliphatic rings. The van der Waals surface area contributed by atoms with E-state index < -0.39 is 6.09 Å². The van der Waals surface area contributed by atoms with Crippen molar-refractivity contribution in [3.63, 3.8) is 0 Å². The Kier molecular flexibility index (Phi) is 3.88. The first-order chi connectivity index (χ1) is 12.5. The van der Waals surface area contributed by atoms with Crippen LogP contribution in [0.5, 0.6) is 0 Å². The third kappa shape index (κ3) is 3.32. The van der Waals surface area contributed by atoms with Gasteiger partial charge in [0.2, 0.25) is 5.91 Å². The van der Waals surface area contributed by atoms with Crippen molar-refractivity contribution >= 4 is 12.0 Å². The molecule has 0 spiro atoms. The Bertz CT molecular complexity index is 768. The summed E-state index contributed by atoms with van der Waals surface area (Å²) in [4.78, 5) is 23.2. The van der Waals surface area contributed by atoms with Gasteiger partial charge in [0.15, 0.2) is 0 Å². The topological polar surface area (TPSA) is 96.3 Å². The van der Waals surface area contributed by atoms with Crippen molar-refractivity contribution in [3.8, 4) is 0 Å². The zero-order valence-corrected chi connectivity index (χ0v) is 16.5. The average molecular weight is 374 g/mol. The number of amides is 2. The number of nitrogens with one attached hydrogen (secondary N) is 2. The van der Waals surface area contributed by atoms with Gasteiger partial charge < -0.3 is 15.7 Å². The molecular formula is C20H30N4O3. The lowest BCUT2D eigenvalue weighted by Gasteiger charge is -2.69. The summed E-state index contributed by atoms with van der Waals surface area (Å²) in [6.45, 7) is 7.53. The van der Waals surface area contributed by atoms with E-state index in [0.717, 1.165) is 25.8 Å². The van der Waals surface area contributed by atoms with E-state index in [4.69, 9.17) is 5.11 Å². The fourth-order valence-corrected chi connectivity index (χ4v) is 7.62. The van der Waals surface area contributed by atoms with Crippen LogP contribution in [0.4, 0.5) is 4.79 Å². The highest BCUT2D eigenvalue weighted by molar-refractivity contribution is 5.82. The quantitative estimate of drug-likeness (QED) is 0.738. The number of aromatic nitrogens is 2. The molecule has 0 saturated heterocycles. The van der Waals surface area contributed by atoms with Gasteiger partial charge in [-0.2, -0.15) is 5.10 Å². The third-order valence-electron chi connectivity index (χ3n) is 6.92. The molecule has 27 heavy (non-hydrogen) atoms. The van der Waals surface area contributed by atoms with E-state index in [1.807, 2.05) is 12.3 Å². The van der Waals surface area contributed by atoms with Crippen molar-refractivity contribution in [2.75, 3.05) is 6.54 Å². The van der Waals surface area contributed by atoms with Crippen molar-refractivity contribution in [1.29, 1.82) is 0 Å². The van der Waals surface area contributed by atoms with Gasteiger partial charge in [-0.1, -0.05) is 13.8 Å². The van der Waals surface area contributed by atoms with Gasteiger partial charge in [-0.15, -0.1) is 0 Å². The molecule has 0 radical (unpaired) electrons. The number of carbonyl (C=O) groups is 2. The lowest BCUT2D eigenvalue weighted by molar-refractivity contribution is -0.174. The zero-order chi connectivity index (χ0) is 19.5. The number of aryl methyl sites for hydroxylation is 1. The van der Waals surface area contributed by atoms with Crippen molar-refractivity contribution in [3.05, 3.63) is 18.0 Å². The van der Waals surface area contributed by atoms with E-state index in [2.05, 4.69) is 41.2 Å². The number of carboxylic acid groups (broad SMARTS) is 1. The molecule has 148 valence electrons. The van der Waals surface area contributed by atoms with Gasteiger partial charge in [0.25, 0.3) is 0 Å². The van der Waals surface area contributed by atoms with Gasteiger partial charge in [-0.25, -0.2) is 4.79 Å². The maximum Gasteiger partial charge on any atom is 0.405 e. The Morgan fingerprint density at radius 3 is 2.37 bits per heavy atom. The minimum absolute atomic E-state index is 0.128. The number of hydrogen-bond donors (Lipinski definition) is 3. The number of carbonyl (C=O) groups excluding carboxylic acids is 1. The van der Waals surface area contributed by atoms with Crippen LogP contribution >= 0.6 is 0 Å². The number of hydrogen-bond acceptors (Lipinski definition) is 3. The van der Waals surface area contributed by atoms with E-state index in [1.54, 1.807) is 0 Å². The summed E-state index contributed by atoms with van der Waals surface area (Å²) in [5.41, 5.74) is 1.47. The SMILES string of the molecule is Cc1ccnn1CC12CC3(C)CC(C)(C1)CC(NC(=O)CNC(=O)O)(C3)C2. The fourth-order valence-electron chi connectivity index (χ4n) is 7.62. The van der Waals surface area contributed by atoms with Crippen molar-refractivity contribution in [2.45, 2.75) is 71.4 Å². The summed E-state index contributed by atoms with van der Waals surface area (Å²) in [5.74, 6) is -0.225. The number of nitrogens with zero attached hydrogens (tertiary/aromatic N) is 2. The standard InChI is InChI=1S/C20H30N4O3/c1-14-4-5-22-24(14)13-19-8-17(2)7-18(3,9-19)11-20(10-17,12-19)23-15(25)6-21-16(26)27/h4-5,21H,6-13H2,1-3H3,(H,23,25)(H,26,27). The van der Waals surface area contributed by atoms with E-state index in [0.29, 0.717) is 0 Å².